The summed E-state index contributed by atoms with van der Waals surface area (Å²) in [5.41, 5.74) is -0.210. The first-order valence-corrected chi connectivity index (χ1v) is 6.19. The summed E-state index contributed by atoms with van der Waals surface area (Å²) >= 11 is 0. The second-order valence-corrected chi connectivity index (χ2v) is 4.82. The summed E-state index contributed by atoms with van der Waals surface area (Å²) in [4.78, 5) is 21.7. The predicted octanol–water partition coefficient (Wildman–Crippen LogP) is 2.32. The minimum absolute atomic E-state index is 0.556. The van der Waals surface area contributed by atoms with Crippen LogP contribution in [0.5, 0.6) is 0 Å². The first-order valence-electron chi connectivity index (χ1n) is 6.19. The van der Waals surface area contributed by atoms with Gasteiger partial charge >= 0.3 is 5.97 Å². The number of fused-ring (bicyclic) bond motifs is 1. The number of carboxylic acids is 1. The summed E-state index contributed by atoms with van der Waals surface area (Å²) in [5.74, 6) is -0.224. The number of rotatable bonds is 4. The Bertz CT molecular complexity index is 605. The molecule has 5 nitrogen and oxygen atoms in total. The van der Waals surface area contributed by atoms with Crippen molar-refractivity contribution in [2.45, 2.75) is 26.3 Å². The van der Waals surface area contributed by atoms with Crippen molar-refractivity contribution in [2.75, 3.05) is 11.4 Å². The fourth-order valence-corrected chi connectivity index (χ4v) is 2.13. The molecule has 0 aliphatic heterocycles. The average Bonchev–Trinajstić information content (AvgIpc) is 2.39. The van der Waals surface area contributed by atoms with E-state index in [2.05, 4.69) is 9.97 Å². The van der Waals surface area contributed by atoms with E-state index in [1.807, 2.05) is 31.2 Å². The summed E-state index contributed by atoms with van der Waals surface area (Å²) < 4.78 is 0. The Morgan fingerprint density at radius 3 is 2.63 bits per heavy atom. The quantitative estimate of drug-likeness (QED) is 0.912. The molecular weight excluding hydrogens is 242 g/mol. The van der Waals surface area contributed by atoms with Crippen molar-refractivity contribution in [3.05, 3.63) is 30.6 Å². The molecule has 2 rings (SSSR count). The number of para-hydroxylation sites is 1. The molecule has 1 aromatic heterocycles. The van der Waals surface area contributed by atoms with Crippen molar-refractivity contribution in [3.63, 3.8) is 0 Å². The normalized spacial score (nSPS) is 11.5. The molecule has 0 bridgehead atoms. The van der Waals surface area contributed by atoms with Gasteiger partial charge in [0.2, 0.25) is 0 Å². The van der Waals surface area contributed by atoms with Crippen molar-refractivity contribution in [1.82, 2.24) is 9.97 Å². The second-order valence-electron chi connectivity index (χ2n) is 4.82. The highest BCUT2D eigenvalue weighted by molar-refractivity contribution is 5.92. The van der Waals surface area contributed by atoms with E-state index in [0.717, 1.165) is 10.9 Å². The van der Waals surface area contributed by atoms with Gasteiger partial charge in [-0.25, -0.2) is 14.8 Å². The smallest absolute Gasteiger partial charge is 0.328 e. The summed E-state index contributed by atoms with van der Waals surface area (Å²) in [6.07, 6.45) is 1.47. The first-order chi connectivity index (χ1) is 8.98. The fourth-order valence-electron chi connectivity index (χ4n) is 2.13. The summed E-state index contributed by atoms with van der Waals surface area (Å²) in [7, 11) is 0. The lowest BCUT2D eigenvalue weighted by atomic mass is 10.0. The maximum atomic E-state index is 11.4. The summed E-state index contributed by atoms with van der Waals surface area (Å²) in [6.45, 7) is 5.83. The van der Waals surface area contributed by atoms with Crippen molar-refractivity contribution in [3.8, 4) is 0 Å². The highest BCUT2D eigenvalue weighted by atomic mass is 16.4. The third kappa shape index (κ3) is 2.23. The summed E-state index contributed by atoms with van der Waals surface area (Å²) in [6, 6.07) is 7.60. The molecule has 1 aromatic carbocycles. The van der Waals surface area contributed by atoms with Gasteiger partial charge in [-0.1, -0.05) is 12.1 Å². The molecule has 0 unspecified atom stereocenters. The van der Waals surface area contributed by atoms with E-state index in [-0.39, 0.29) is 0 Å². The lowest BCUT2D eigenvalue weighted by molar-refractivity contribution is -0.142. The van der Waals surface area contributed by atoms with Gasteiger partial charge in [0.1, 0.15) is 17.7 Å². The lowest BCUT2D eigenvalue weighted by Gasteiger charge is -2.35. The molecule has 0 amide bonds. The Morgan fingerprint density at radius 1 is 1.32 bits per heavy atom. The van der Waals surface area contributed by atoms with Crippen molar-refractivity contribution in [1.29, 1.82) is 0 Å². The Morgan fingerprint density at radius 2 is 2.00 bits per heavy atom. The number of benzene rings is 1. The van der Waals surface area contributed by atoms with Gasteiger partial charge in [0, 0.05) is 11.9 Å². The van der Waals surface area contributed by atoms with Crippen LogP contribution >= 0.6 is 0 Å². The van der Waals surface area contributed by atoms with E-state index in [1.54, 1.807) is 18.7 Å². The van der Waals surface area contributed by atoms with E-state index in [0.29, 0.717) is 12.4 Å². The number of nitrogens with zero attached hydrogens (tertiary/aromatic N) is 3. The molecular formula is C14H17N3O2. The number of carboxylic acid groups (broad SMARTS) is 1. The minimum Gasteiger partial charge on any atom is -0.480 e. The van der Waals surface area contributed by atoms with Crippen LogP contribution in [0.25, 0.3) is 10.9 Å². The standard InChI is InChI=1S/C14H17N3O2/c1-4-17(14(2,3)13(18)19)12-10-7-5-6-8-11(10)15-9-16-12/h5-9H,4H2,1-3H3,(H,18,19). The van der Waals surface area contributed by atoms with E-state index in [1.165, 1.54) is 6.33 Å². The molecule has 0 radical (unpaired) electrons. The Hall–Kier alpha value is -2.17. The molecule has 1 N–H and O–H groups in total. The third-order valence-electron chi connectivity index (χ3n) is 3.29. The van der Waals surface area contributed by atoms with Gasteiger partial charge in [0.05, 0.1) is 5.52 Å². The number of aromatic nitrogens is 2. The van der Waals surface area contributed by atoms with Crippen LogP contribution in [0, 0.1) is 0 Å². The molecule has 2 aromatic rings. The average molecular weight is 259 g/mol. The molecule has 19 heavy (non-hydrogen) atoms. The Balaban J connectivity index is 2.62. The zero-order valence-electron chi connectivity index (χ0n) is 11.3. The molecule has 100 valence electrons. The topological polar surface area (TPSA) is 66.3 Å². The van der Waals surface area contributed by atoms with Crippen molar-refractivity contribution >= 4 is 22.7 Å². The third-order valence-corrected chi connectivity index (χ3v) is 3.29. The molecule has 0 saturated carbocycles. The van der Waals surface area contributed by atoms with Gasteiger partial charge < -0.3 is 10.0 Å². The van der Waals surface area contributed by atoms with Crippen LogP contribution in [0.15, 0.2) is 30.6 Å². The summed E-state index contributed by atoms with van der Waals surface area (Å²) in [5, 5.41) is 10.3. The largest absolute Gasteiger partial charge is 0.480 e. The van der Waals surface area contributed by atoms with Crippen LogP contribution in [-0.2, 0) is 4.79 Å². The maximum Gasteiger partial charge on any atom is 0.328 e. The van der Waals surface area contributed by atoms with Crippen LogP contribution < -0.4 is 4.90 Å². The van der Waals surface area contributed by atoms with Crippen LogP contribution in [0.4, 0.5) is 5.82 Å². The molecule has 0 fully saturated rings. The van der Waals surface area contributed by atoms with Crippen molar-refractivity contribution in [2.24, 2.45) is 0 Å². The Kier molecular flexibility index (Phi) is 3.38. The number of hydrogen-bond acceptors (Lipinski definition) is 4. The molecule has 0 atom stereocenters. The number of likely N-dealkylation sites (N-methyl/N-ethyl adjacent to an activating group) is 1. The number of hydrogen-bond donors (Lipinski definition) is 1. The van der Waals surface area contributed by atoms with Crippen LogP contribution in [0.1, 0.15) is 20.8 Å². The fraction of sp³-hybridized carbons (Fsp3) is 0.357. The predicted molar refractivity (Wildman–Crippen MR) is 74.3 cm³/mol. The zero-order valence-corrected chi connectivity index (χ0v) is 11.3. The highest BCUT2D eigenvalue weighted by Gasteiger charge is 2.35. The second kappa shape index (κ2) is 4.84. The monoisotopic (exact) mass is 259 g/mol. The first kappa shape index (κ1) is 13.3. The SMILES string of the molecule is CCN(c1ncnc2ccccc12)C(C)(C)C(=O)O. The highest BCUT2D eigenvalue weighted by Crippen LogP contribution is 2.28. The molecule has 0 saturated heterocycles. The number of anilines is 1. The van der Waals surface area contributed by atoms with Gasteiger partial charge in [-0.05, 0) is 32.9 Å². The van der Waals surface area contributed by atoms with E-state index < -0.39 is 11.5 Å². The molecule has 0 aliphatic rings. The Labute approximate surface area is 111 Å². The number of carbonyl (C=O) groups is 1. The van der Waals surface area contributed by atoms with Crippen LogP contribution in [0.2, 0.25) is 0 Å². The van der Waals surface area contributed by atoms with Gasteiger partial charge in [0.25, 0.3) is 0 Å². The van der Waals surface area contributed by atoms with Crippen LogP contribution in [-0.4, -0.2) is 33.1 Å². The molecule has 0 aliphatic carbocycles. The van der Waals surface area contributed by atoms with E-state index in [4.69, 9.17) is 0 Å². The van der Waals surface area contributed by atoms with E-state index in [9.17, 15) is 9.90 Å². The van der Waals surface area contributed by atoms with Gasteiger partial charge in [-0.2, -0.15) is 0 Å². The molecule has 0 spiro atoms. The van der Waals surface area contributed by atoms with Gasteiger partial charge in [-0.3, -0.25) is 0 Å². The van der Waals surface area contributed by atoms with Crippen molar-refractivity contribution < 1.29 is 9.90 Å². The van der Waals surface area contributed by atoms with Gasteiger partial charge in [-0.15, -0.1) is 0 Å². The zero-order chi connectivity index (χ0) is 14.0. The lowest BCUT2D eigenvalue weighted by Crippen LogP contribution is -2.50. The molecule has 1 heterocycles. The molecule has 5 heteroatoms. The van der Waals surface area contributed by atoms with Gasteiger partial charge in [0.15, 0.2) is 0 Å². The number of aliphatic carboxylic acids is 1. The maximum absolute atomic E-state index is 11.4. The minimum atomic E-state index is -1.02. The van der Waals surface area contributed by atoms with Crippen LogP contribution in [0.3, 0.4) is 0 Å². The van der Waals surface area contributed by atoms with E-state index >= 15 is 0 Å².